The monoisotopic (exact) mass is 254 g/mol. The minimum atomic E-state index is -0.297. The van der Waals surface area contributed by atoms with Gasteiger partial charge in [0.15, 0.2) is 0 Å². The minimum absolute atomic E-state index is 0.198. The van der Waals surface area contributed by atoms with Crippen molar-refractivity contribution in [3.8, 4) is 0 Å². The van der Waals surface area contributed by atoms with Crippen LogP contribution in [-0.4, -0.2) is 12.4 Å². The first-order valence-electron chi connectivity index (χ1n) is 5.58. The van der Waals surface area contributed by atoms with Crippen molar-refractivity contribution in [3.05, 3.63) is 34.9 Å². The Labute approximate surface area is 107 Å². The molecule has 0 spiro atoms. The standard InChI is InChI=1S/C13H19ClN2O/c1-13(2,12(15)16)6-7-17-9-10-4-3-5-11(14)8-10/h3-5,8H,6-7,9H2,1-2H3,(H3,15,16). The Kier molecular flexibility index (Phi) is 4.97. The van der Waals surface area contributed by atoms with Crippen molar-refractivity contribution in [2.45, 2.75) is 26.9 Å². The van der Waals surface area contributed by atoms with Gasteiger partial charge in [0, 0.05) is 17.0 Å². The molecule has 0 unspecified atom stereocenters. The second-order valence-electron chi connectivity index (χ2n) is 4.73. The summed E-state index contributed by atoms with van der Waals surface area (Å²) in [6, 6.07) is 7.60. The molecule has 0 aliphatic rings. The van der Waals surface area contributed by atoms with E-state index in [1.807, 2.05) is 38.1 Å². The molecule has 1 aromatic rings. The third kappa shape index (κ3) is 4.75. The van der Waals surface area contributed by atoms with Crippen molar-refractivity contribution in [1.29, 1.82) is 5.41 Å². The summed E-state index contributed by atoms with van der Waals surface area (Å²) in [7, 11) is 0. The number of benzene rings is 1. The fraction of sp³-hybridized carbons (Fsp3) is 0.462. The summed E-state index contributed by atoms with van der Waals surface area (Å²) < 4.78 is 5.55. The Morgan fingerprint density at radius 2 is 2.18 bits per heavy atom. The van der Waals surface area contributed by atoms with Crippen LogP contribution in [0.5, 0.6) is 0 Å². The highest BCUT2D eigenvalue weighted by atomic mass is 35.5. The molecule has 17 heavy (non-hydrogen) atoms. The number of nitrogens with two attached hydrogens (primary N) is 1. The highest BCUT2D eigenvalue weighted by molar-refractivity contribution is 6.30. The lowest BCUT2D eigenvalue weighted by Crippen LogP contribution is -2.31. The van der Waals surface area contributed by atoms with Crippen LogP contribution < -0.4 is 5.73 Å². The van der Waals surface area contributed by atoms with Crippen molar-refractivity contribution in [2.24, 2.45) is 11.1 Å². The first-order chi connectivity index (χ1) is 7.92. The Balaban J connectivity index is 2.32. The predicted molar refractivity (Wildman–Crippen MR) is 71.4 cm³/mol. The summed E-state index contributed by atoms with van der Waals surface area (Å²) >= 11 is 5.87. The van der Waals surface area contributed by atoms with Crippen molar-refractivity contribution >= 4 is 17.4 Å². The van der Waals surface area contributed by atoms with Gasteiger partial charge in [0.2, 0.25) is 0 Å². The Hall–Kier alpha value is -1.06. The van der Waals surface area contributed by atoms with E-state index in [4.69, 9.17) is 27.5 Å². The Morgan fingerprint density at radius 3 is 2.76 bits per heavy atom. The van der Waals surface area contributed by atoms with Gasteiger partial charge in [-0.15, -0.1) is 0 Å². The predicted octanol–water partition coefficient (Wildman–Crippen LogP) is 3.21. The minimum Gasteiger partial charge on any atom is -0.387 e. The van der Waals surface area contributed by atoms with Gasteiger partial charge >= 0.3 is 0 Å². The molecule has 3 nitrogen and oxygen atoms in total. The smallest absolute Gasteiger partial charge is 0.0963 e. The normalized spacial score (nSPS) is 11.5. The highest BCUT2D eigenvalue weighted by Crippen LogP contribution is 2.20. The van der Waals surface area contributed by atoms with Gasteiger partial charge in [-0.05, 0) is 24.1 Å². The van der Waals surface area contributed by atoms with Crippen LogP contribution in [0, 0.1) is 10.8 Å². The van der Waals surface area contributed by atoms with E-state index in [9.17, 15) is 0 Å². The molecule has 0 radical (unpaired) electrons. The van der Waals surface area contributed by atoms with Crippen molar-refractivity contribution in [1.82, 2.24) is 0 Å². The molecule has 0 atom stereocenters. The SMILES string of the molecule is CC(C)(CCOCc1cccc(Cl)c1)C(=N)N. The molecule has 1 rings (SSSR count). The van der Waals surface area contributed by atoms with Gasteiger partial charge in [0.1, 0.15) is 0 Å². The maximum atomic E-state index is 7.43. The largest absolute Gasteiger partial charge is 0.387 e. The van der Waals surface area contributed by atoms with Crippen LogP contribution in [0.15, 0.2) is 24.3 Å². The number of nitrogens with one attached hydrogen (secondary N) is 1. The van der Waals surface area contributed by atoms with E-state index in [-0.39, 0.29) is 11.3 Å². The molecule has 0 fully saturated rings. The second-order valence-corrected chi connectivity index (χ2v) is 5.17. The molecule has 0 amide bonds. The fourth-order valence-electron chi connectivity index (χ4n) is 1.28. The lowest BCUT2D eigenvalue weighted by atomic mass is 9.88. The van der Waals surface area contributed by atoms with Crippen LogP contribution in [0.1, 0.15) is 25.8 Å². The quantitative estimate of drug-likeness (QED) is 0.465. The molecular weight excluding hydrogens is 236 g/mol. The zero-order chi connectivity index (χ0) is 12.9. The van der Waals surface area contributed by atoms with E-state index in [0.717, 1.165) is 17.0 Å². The first kappa shape index (κ1) is 14.0. The summed E-state index contributed by atoms with van der Waals surface area (Å²) in [5.41, 5.74) is 6.25. The number of hydrogen-bond acceptors (Lipinski definition) is 2. The second kappa shape index (κ2) is 6.03. The van der Waals surface area contributed by atoms with Crippen LogP contribution in [0.4, 0.5) is 0 Å². The maximum Gasteiger partial charge on any atom is 0.0963 e. The molecule has 3 N–H and O–H groups in total. The number of halogens is 1. The summed E-state index contributed by atoms with van der Waals surface area (Å²) in [6.45, 7) is 5.00. The van der Waals surface area contributed by atoms with E-state index in [1.165, 1.54) is 0 Å². The van der Waals surface area contributed by atoms with Crippen molar-refractivity contribution in [3.63, 3.8) is 0 Å². The van der Waals surface area contributed by atoms with Gasteiger partial charge in [-0.25, -0.2) is 0 Å². The molecule has 4 heteroatoms. The Bertz CT molecular complexity index is 391. The third-order valence-electron chi connectivity index (χ3n) is 2.76. The van der Waals surface area contributed by atoms with Crippen LogP contribution in [0.25, 0.3) is 0 Å². The van der Waals surface area contributed by atoms with E-state index in [0.29, 0.717) is 13.2 Å². The number of rotatable bonds is 6. The van der Waals surface area contributed by atoms with Crippen LogP contribution >= 0.6 is 11.6 Å². The molecule has 94 valence electrons. The summed E-state index contributed by atoms with van der Waals surface area (Å²) in [6.07, 6.45) is 0.739. The molecule has 0 heterocycles. The zero-order valence-corrected chi connectivity index (χ0v) is 11.1. The Morgan fingerprint density at radius 1 is 1.47 bits per heavy atom. The van der Waals surface area contributed by atoms with Gasteiger partial charge < -0.3 is 10.5 Å². The summed E-state index contributed by atoms with van der Waals surface area (Å²) in [4.78, 5) is 0. The van der Waals surface area contributed by atoms with Gasteiger partial charge in [-0.2, -0.15) is 0 Å². The lowest BCUT2D eigenvalue weighted by molar-refractivity contribution is 0.104. The molecule has 0 aliphatic carbocycles. The zero-order valence-electron chi connectivity index (χ0n) is 10.3. The van der Waals surface area contributed by atoms with Crippen LogP contribution in [0.3, 0.4) is 0 Å². The topological polar surface area (TPSA) is 59.1 Å². The van der Waals surface area contributed by atoms with Crippen LogP contribution in [0.2, 0.25) is 5.02 Å². The summed E-state index contributed by atoms with van der Waals surface area (Å²) in [5.74, 6) is 0.198. The highest BCUT2D eigenvalue weighted by Gasteiger charge is 2.20. The van der Waals surface area contributed by atoms with Crippen molar-refractivity contribution in [2.75, 3.05) is 6.61 Å². The molecule has 0 bridgehead atoms. The molecule has 1 aromatic carbocycles. The molecule has 0 aromatic heterocycles. The fourth-order valence-corrected chi connectivity index (χ4v) is 1.49. The molecule has 0 saturated heterocycles. The van der Waals surface area contributed by atoms with E-state index in [1.54, 1.807) is 0 Å². The first-order valence-corrected chi connectivity index (χ1v) is 5.96. The van der Waals surface area contributed by atoms with E-state index < -0.39 is 0 Å². The van der Waals surface area contributed by atoms with Gasteiger partial charge in [-0.1, -0.05) is 37.6 Å². The van der Waals surface area contributed by atoms with Gasteiger partial charge in [0.25, 0.3) is 0 Å². The number of ether oxygens (including phenoxy) is 1. The van der Waals surface area contributed by atoms with E-state index >= 15 is 0 Å². The van der Waals surface area contributed by atoms with Crippen LogP contribution in [-0.2, 0) is 11.3 Å². The van der Waals surface area contributed by atoms with Gasteiger partial charge in [0.05, 0.1) is 12.4 Å². The number of amidine groups is 1. The molecular formula is C13H19ClN2O. The van der Waals surface area contributed by atoms with E-state index in [2.05, 4.69) is 0 Å². The lowest BCUT2D eigenvalue weighted by Gasteiger charge is -2.22. The molecule has 0 saturated carbocycles. The van der Waals surface area contributed by atoms with Gasteiger partial charge in [-0.3, -0.25) is 5.41 Å². The average Bonchev–Trinajstić information content (AvgIpc) is 2.24. The molecule has 0 aliphatic heterocycles. The third-order valence-corrected chi connectivity index (χ3v) is 2.99. The van der Waals surface area contributed by atoms with Crippen molar-refractivity contribution < 1.29 is 4.74 Å². The maximum absolute atomic E-state index is 7.43. The average molecular weight is 255 g/mol. The number of hydrogen-bond donors (Lipinski definition) is 2. The summed E-state index contributed by atoms with van der Waals surface area (Å²) in [5, 5.41) is 8.15.